The highest BCUT2D eigenvalue weighted by Crippen LogP contribution is 2.20. The molecule has 22 heavy (non-hydrogen) atoms. The number of halogens is 1. The second-order valence-corrected chi connectivity index (χ2v) is 4.19. The van der Waals surface area contributed by atoms with Gasteiger partial charge in [0, 0.05) is 5.56 Å². The van der Waals surface area contributed by atoms with Crippen LogP contribution in [0.3, 0.4) is 0 Å². The van der Waals surface area contributed by atoms with Crippen LogP contribution in [0.4, 0.5) is 4.39 Å². The van der Waals surface area contributed by atoms with Crippen molar-refractivity contribution < 1.29 is 23.8 Å². The van der Waals surface area contributed by atoms with Crippen LogP contribution in [0.5, 0.6) is 5.88 Å². The second kappa shape index (κ2) is 6.61. The summed E-state index contributed by atoms with van der Waals surface area (Å²) in [5, 5.41) is 11.9. The standard InChI is InChI=1S/C14H12FN3O4/c1-22-11(19)7-17-14(21)12-13(20)16-6-10(18-12)8-2-4-9(15)5-3-8/h2-6H,7H2,1H3,(H,16,20)(H,17,21). The van der Waals surface area contributed by atoms with Crippen LogP contribution in [-0.2, 0) is 9.53 Å². The van der Waals surface area contributed by atoms with Crippen molar-refractivity contribution in [3.05, 3.63) is 42.0 Å². The molecule has 0 aliphatic heterocycles. The second-order valence-electron chi connectivity index (χ2n) is 4.19. The van der Waals surface area contributed by atoms with Crippen LogP contribution in [0.2, 0.25) is 0 Å². The highest BCUT2D eigenvalue weighted by molar-refractivity contribution is 5.96. The molecule has 0 aliphatic carbocycles. The van der Waals surface area contributed by atoms with Crippen molar-refractivity contribution in [3.8, 4) is 17.1 Å². The lowest BCUT2D eigenvalue weighted by molar-refractivity contribution is -0.139. The van der Waals surface area contributed by atoms with Crippen LogP contribution in [0.25, 0.3) is 11.3 Å². The Morgan fingerprint density at radius 3 is 2.64 bits per heavy atom. The number of nitrogens with one attached hydrogen (secondary N) is 1. The molecule has 1 amide bonds. The van der Waals surface area contributed by atoms with E-state index in [1.54, 1.807) is 0 Å². The molecule has 0 radical (unpaired) electrons. The van der Waals surface area contributed by atoms with Crippen molar-refractivity contribution in [2.24, 2.45) is 0 Å². The molecule has 0 aliphatic rings. The average Bonchev–Trinajstić information content (AvgIpc) is 2.53. The first kappa shape index (κ1) is 15.4. The Labute approximate surface area is 124 Å². The number of aromatic hydroxyl groups is 1. The SMILES string of the molecule is COC(=O)CNC(=O)c1nc(-c2ccc(F)cc2)cnc1O. The van der Waals surface area contributed by atoms with Gasteiger partial charge in [0.05, 0.1) is 19.0 Å². The fraction of sp³-hybridized carbons (Fsp3) is 0.143. The van der Waals surface area contributed by atoms with Crippen LogP contribution in [0.15, 0.2) is 30.5 Å². The molecule has 114 valence electrons. The van der Waals surface area contributed by atoms with E-state index in [9.17, 15) is 19.1 Å². The zero-order chi connectivity index (χ0) is 16.1. The molecule has 8 heteroatoms. The van der Waals surface area contributed by atoms with Crippen LogP contribution in [-0.4, -0.2) is 40.6 Å². The van der Waals surface area contributed by atoms with Crippen molar-refractivity contribution in [1.29, 1.82) is 0 Å². The maximum Gasteiger partial charge on any atom is 0.325 e. The van der Waals surface area contributed by atoms with Gasteiger partial charge >= 0.3 is 5.97 Å². The molecule has 0 spiro atoms. The maximum absolute atomic E-state index is 12.9. The smallest absolute Gasteiger partial charge is 0.325 e. The van der Waals surface area contributed by atoms with Gasteiger partial charge in [-0.25, -0.2) is 14.4 Å². The van der Waals surface area contributed by atoms with Crippen molar-refractivity contribution in [2.75, 3.05) is 13.7 Å². The van der Waals surface area contributed by atoms with Gasteiger partial charge in [-0.15, -0.1) is 0 Å². The van der Waals surface area contributed by atoms with Gasteiger partial charge in [-0.05, 0) is 24.3 Å². The molecule has 1 aromatic heterocycles. The summed E-state index contributed by atoms with van der Waals surface area (Å²) in [5.74, 6) is -2.41. The van der Waals surface area contributed by atoms with Gasteiger partial charge in [0.15, 0.2) is 5.69 Å². The molecule has 1 aromatic carbocycles. The maximum atomic E-state index is 12.9. The summed E-state index contributed by atoms with van der Waals surface area (Å²) in [7, 11) is 1.18. The van der Waals surface area contributed by atoms with Crippen molar-refractivity contribution in [1.82, 2.24) is 15.3 Å². The highest BCUT2D eigenvalue weighted by atomic mass is 19.1. The first-order valence-electron chi connectivity index (χ1n) is 6.18. The molecule has 0 fully saturated rings. The molecular formula is C14H12FN3O4. The van der Waals surface area contributed by atoms with Gasteiger partial charge in [0.25, 0.3) is 5.91 Å². The zero-order valence-corrected chi connectivity index (χ0v) is 11.5. The van der Waals surface area contributed by atoms with Gasteiger partial charge in [-0.2, -0.15) is 0 Å². The van der Waals surface area contributed by atoms with Crippen LogP contribution < -0.4 is 5.32 Å². The molecule has 0 atom stereocenters. The number of methoxy groups -OCH3 is 1. The van der Waals surface area contributed by atoms with E-state index < -0.39 is 23.6 Å². The Kier molecular flexibility index (Phi) is 4.62. The minimum atomic E-state index is -0.778. The average molecular weight is 305 g/mol. The van der Waals surface area contributed by atoms with E-state index in [1.165, 1.54) is 37.6 Å². The lowest BCUT2D eigenvalue weighted by Crippen LogP contribution is -2.31. The van der Waals surface area contributed by atoms with Gasteiger partial charge in [-0.1, -0.05) is 0 Å². The van der Waals surface area contributed by atoms with Gasteiger partial charge in [0.2, 0.25) is 5.88 Å². The van der Waals surface area contributed by atoms with Crippen molar-refractivity contribution in [2.45, 2.75) is 0 Å². The Morgan fingerprint density at radius 2 is 2.00 bits per heavy atom. The van der Waals surface area contributed by atoms with Crippen molar-refractivity contribution in [3.63, 3.8) is 0 Å². The van der Waals surface area contributed by atoms with E-state index in [4.69, 9.17) is 0 Å². The molecule has 2 aromatic rings. The summed E-state index contributed by atoms with van der Waals surface area (Å²) in [6.07, 6.45) is 1.25. The minimum Gasteiger partial charge on any atom is -0.492 e. The summed E-state index contributed by atoms with van der Waals surface area (Å²) in [4.78, 5) is 30.5. The number of ether oxygens (including phenoxy) is 1. The third-order valence-electron chi connectivity index (χ3n) is 2.73. The van der Waals surface area contributed by atoms with Crippen LogP contribution in [0, 0.1) is 5.82 Å². The Balaban J connectivity index is 2.25. The fourth-order valence-corrected chi connectivity index (χ4v) is 1.60. The number of carbonyl (C=O) groups excluding carboxylic acids is 2. The van der Waals surface area contributed by atoms with Gasteiger partial charge < -0.3 is 15.2 Å². The third kappa shape index (κ3) is 3.54. The Bertz CT molecular complexity index is 704. The molecule has 7 nitrogen and oxygen atoms in total. The predicted molar refractivity (Wildman–Crippen MR) is 73.4 cm³/mol. The number of hydrogen-bond donors (Lipinski definition) is 2. The van der Waals surface area contributed by atoms with E-state index >= 15 is 0 Å². The Hall–Kier alpha value is -3.03. The van der Waals surface area contributed by atoms with E-state index in [0.29, 0.717) is 5.56 Å². The summed E-state index contributed by atoms with van der Waals surface area (Å²) in [5.41, 5.74) is 0.461. The van der Waals surface area contributed by atoms with E-state index in [1.807, 2.05) is 0 Å². The molecule has 2 N–H and O–H groups in total. The third-order valence-corrected chi connectivity index (χ3v) is 2.73. The number of hydrogen-bond acceptors (Lipinski definition) is 6. The predicted octanol–water partition coefficient (Wildman–Crippen LogP) is 0.891. The summed E-state index contributed by atoms with van der Waals surface area (Å²) in [6, 6.07) is 5.40. The first-order chi connectivity index (χ1) is 10.5. The fourth-order valence-electron chi connectivity index (χ4n) is 1.60. The summed E-state index contributed by atoms with van der Waals surface area (Å²) in [6.45, 7) is -0.364. The molecule has 0 saturated heterocycles. The number of carbonyl (C=O) groups is 2. The highest BCUT2D eigenvalue weighted by Gasteiger charge is 2.17. The zero-order valence-electron chi connectivity index (χ0n) is 11.5. The number of esters is 1. The normalized spacial score (nSPS) is 10.1. The van der Waals surface area contributed by atoms with Crippen LogP contribution in [0.1, 0.15) is 10.5 Å². The first-order valence-corrected chi connectivity index (χ1v) is 6.18. The lowest BCUT2D eigenvalue weighted by atomic mass is 10.1. The number of nitrogens with zero attached hydrogens (tertiary/aromatic N) is 2. The topological polar surface area (TPSA) is 101 Å². The van der Waals surface area contributed by atoms with E-state index in [2.05, 4.69) is 20.0 Å². The van der Waals surface area contributed by atoms with Crippen LogP contribution >= 0.6 is 0 Å². The molecule has 0 unspecified atom stereocenters. The number of benzene rings is 1. The lowest BCUT2D eigenvalue weighted by Gasteiger charge is -2.07. The quantitative estimate of drug-likeness (QED) is 0.814. The minimum absolute atomic E-state index is 0.279. The Morgan fingerprint density at radius 1 is 1.32 bits per heavy atom. The molecule has 1 heterocycles. The number of amides is 1. The summed E-state index contributed by atoms with van der Waals surface area (Å²) >= 11 is 0. The summed E-state index contributed by atoms with van der Waals surface area (Å²) < 4.78 is 17.3. The van der Waals surface area contributed by atoms with Gasteiger partial charge in [0.1, 0.15) is 12.4 Å². The largest absolute Gasteiger partial charge is 0.492 e. The molecular weight excluding hydrogens is 293 g/mol. The van der Waals surface area contributed by atoms with E-state index in [-0.39, 0.29) is 17.9 Å². The number of rotatable bonds is 4. The van der Waals surface area contributed by atoms with Crippen molar-refractivity contribution >= 4 is 11.9 Å². The molecule has 0 saturated carbocycles. The molecule has 0 bridgehead atoms. The molecule has 2 rings (SSSR count). The van der Waals surface area contributed by atoms with E-state index in [0.717, 1.165) is 0 Å². The number of aromatic nitrogens is 2. The van der Waals surface area contributed by atoms with Gasteiger partial charge in [-0.3, -0.25) is 9.59 Å². The monoisotopic (exact) mass is 305 g/mol.